The summed E-state index contributed by atoms with van der Waals surface area (Å²) in [4.78, 5) is 0. The minimum atomic E-state index is -1.65. The zero-order valence-corrected chi connectivity index (χ0v) is 11.8. The Kier molecular flexibility index (Phi) is 4.99. The lowest BCUT2D eigenvalue weighted by atomic mass is 10.2. The van der Waals surface area contributed by atoms with E-state index in [1.807, 2.05) is 0 Å². The SMILES string of the molecule is CC[Si](CC)(CC)O[C@@H]1CCO/C1=C(/C)F. The van der Waals surface area contributed by atoms with E-state index < -0.39 is 8.32 Å². The van der Waals surface area contributed by atoms with Crippen molar-refractivity contribution in [2.75, 3.05) is 6.61 Å². The van der Waals surface area contributed by atoms with Gasteiger partial charge in [0.25, 0.3) is 0 Å². The van der Waals surface area contributed by atoms with Gasteiger partial charge in [0.2, 0.25) is 0 Å². The maximum absolute atomic E-state index is 13.2. The van der Waals surface area contributed by atoms with E-state index in [2.05, 4.69) is 20.8 Å². The van der Waals surface area contributed by atoms with Crippen LogP contribution in [0, 0.1) is 0 Å². The molecule has 4 heteroatoms. The van der Waals surface area contributed by atoms with E-state index in [1.165, 1.54) is 6.92 Å². The highest BCUT2D eigenvalue weighted by Gasteiger charge is 2.36. The van der Waals surface area contributed by atoms with Crippen molar-refractivity contribution in [3.63, 3.8) is 0 Å². The third kappa shape index (κ3) is 2.86. The first kappa shape index (κ1) is 13.7. The molecule has 16 heavy (non-hydrogen) atoms. The molecule has 0 aromatic rings. The Balaban J connectivity index is 2.75. The van der Waals surface area contributed by atoms with Crippen LogP contribution in [0.1, 0.15) is 34.1 Å². The van der Waals surface area contributed by atoms with Crippen molar-refractivity contribution >= 4 is 8.32 Å². The highest BCUT2D eigenvalue weighted by Crippen LogP contribution is 2.31. The fraction of sp³-hybridized carbons (Fsp3) is 0.833. The quantitative estimate of drug-likeness (QED) is 0.683. The van der Waals surface area contributed by atoms with Crippen molar-refractivity contribution < 1.29 is 13.6 Å². The predicted molar refractivity (Wildman–Crippen MR) is 66.4 cm³/mol. The summed E-state index contributed by atoms with van der Waals surface area (Å²) >= 11 is 0. The molecule has 2 nitrogen and oxygen atoms in total. The van der Waals surface area contributed by atoms with Crippen LogP contribution in [0.15, 0.2) is 11.6 Å². The fourth-order valence-electron chi connectivity index (χ4n) is 2.24. The second kappa shape index (κ2) is 5.82. The van der Waals surface area contributed by atoms with Gasteiger partial charge in [-0.05, 0) is 25.1 Å². The largest absolute Gasteiger partial charge is 0.492 e. The minimum absolute atomic E-state index is 0.128. The summed E-state index contributed by atoms with van der Waals surface area (Å²) in [5.74, 6) is 0.209. The van der Waals surface area contributed by atoms with Crippen LogP contribution in [0.2, 0.25) is 18.1 Å². The van der Waals surface area contributed by atoms with E-state index in [4.69, 9.17) is 9.16 Å². The van der Waals surface area contributed by atoms with Gasteiger partial charge in [0.15, 0.2) is 14.1 Å². The van der Waals surface area contributed by atoms with Crippen LogP contribution < -0.4 is 0 Å². The maximum Gasteiger partial charge on any atom is 0.193 e. The Morgan fingerprint density at radius 1 is 1.38 bits per heavy atom. The first-order valence-electron chi connectivity index (χ1n) is 6.25. The molecule has 94 valence electrons. The molecular weight excluding hydrogens is 223 g/mol. The van der Waals surface area contributed by atoms with Gasteiger partial charge in [-0.2, -0.15) is 0 Å². The van der Waals surface area contributed by atoms with E-state index >= 15 is 0 Å². The second-order valence-electron chi connectivity index (χ2n) is 4.39. The zero-order chi connectivity index (χ0) is 12.2. The molecule has 0 spiro atoms. The molecule has 0 saturated carbocycles. The predicted octanol–water partition coefficient (Wildman–Crippen LogP) is 4.00. The Bertz CT molecular complexity index is 249. The molecular formula is C12H23FO2Si. The van der Waals surface area contributed by atoms with Crippen LogP contribution in [-0.2, 0) is 9.16 Å². The van der Waals surface area contributed by atoms with Crippen LogP contribution in [-0.4, -0.2) is 21.0 Å². The first-order valence-corrected chi connectivity index (χ1v) is 8.78. The van der Waals surface area contributed by atoms with E-state index in [1.54, 1.807) is 0 Å². The number of halogens is 1. The second-order valence-corrected chi connectivity index (χ2v) is 9.11. The van der Waals surface area contributed by atoms with Gasteiger partial charge in [0.1, 0.15) is 11.9 Å². The molecule has 0 radical (unpaired) electrons. The fourth-order valence-corrected chi connectivity index (χ4v) is 5.06. The van der Waals surface area contributed by atoms with Gasteiger partial charge in [-0.15, -0.1) is 0 Å². The minimum Gasteiger partial charge on any atom is -0.492 e. The molecule has 0 bridgehead atoms. The topological polar surface area (TPSA) is 18.5 Å². The van der Waals surface area contributed by atoms with Crippen LogP contribution in [0.5, 0.6) is 0 Å². The van der Waals surface area contributed by atoms with Gasteiger partial charge in [0, 0.05) is 6.42 Å². The van der Waals surface area contributed by atoms with Crippen molar-refractivity contribution in [2.24, 2.45) is 0 Å². The van der Waals surface area contributed by atoms with Crippen LogP contribution in [0.3, 0.4) is 0 Å². The molecule has 1 atom stereocenters. The zero-order valence-electron chi connectivity index (χ0n) is 10.8. The van der Waals surface area contributed by atoms with Gasteiger partial charge >= 0.3 is 0 Å². The van der Waals surface area contributed by atoms with Gasteiger partial charge in [-0.1, -0.05) is 20.8 Å². The standard InChI is InChI=1S/C12H23FO2Si/c1-5-16(6-2,7-3)15-11-8-9-14-12(11)10(4)13/h11H,5-9H2,1-4H3/b12-10-/t11-/m1/s1. The molecule has 0 aromatic carbocycles. The average molecular weight is 246 g/mol. The Hall–Kier alpha value is -0.353. The Labute approximate surface area is 99.0 Å². The van der Waals surface area contributed by atoms with E-state index in [0.717, 1.165) is 24.6 Å². The number of ether oxygens (including phenoxy) is 1. The van der Waals surface area contributed by atoms with Gasteiger partial charge in [0.05, 0.1) is 6.61 Å². The summed E-state index contributed by atoms with van der Waals surface area (Å²) in [5.41, 5.74) is 0. The Morgan fingerprint density at radius 3 is 2.38 bits per heavy atom. The van der Waals surface area contributed by atoms with E-state index in [-0.39, 0.29) is 11.9 Å². The molecule has 1 heterocycles. The average Bonchev–Trinajstić information content (AvgIpc) is 2.74. The summed E-state index contributed by atoms with van der Waals surface area (Å²) < 4.78 is 24.8. The van der Waals surface area contributed by atoms with Crippen molar-refractivity contribution in [3.05, 3.63) is 11.6 Å². The summed E-state index contributed by atoms with van der Waals surface area (Å²) in [7, 11) is -1.65. The molecule has 1 aliphatic rings. The molecule has 0 aliphatic carbocycles. The third-order valence-electron chi connectivity index (χ3n) is 3.59. The Morgan fingerprint density at radius 2 is 1.94 bits per heavy atom. The molecule has 0 unspecified atom stereocenters. The first-order chi connectivity index (χ1) is 7.58. The van der Waals surface area contributed by atoms with E-state index in [0.29, 0.717) is 12.4 Å². The normalized spacial score (nSPS) is 24.4. The molecule has 1 aliphatic heterocycles. The van der Waals surface area contributed by atoms with Crippen LogP contribution in [0.25, 0.3) is 0 Å². The van der Waals surface area contributed by atoms with Crippen molar-refractivity contribution in [1.29, 1.82) is 0 Å². The van der Waals surface area contributed by atoms with Crippen molar-refractivity contribution in [3.8, 4) is 0 Å². The lowest BCUT2D eigenvalue weighted by Gasteiger charge is -2.31. The summed E-state index contributed by atoms with van der Waals surface area (Å²) in [6.45, 7) is 8.58. The molecule has 0 N–H and O–H groups in total. The van der Waals surface area contributed by atoms with Crippen molar-refractivity contribution in [1.82, 2.24) is 0 Å². The lowest BCUT2D eigenvalue weighted by Crippen LogP contribution is -2.39. The molecule has 0 amide bonds. The highest BCUT2D eigenvalue weighted by molar-refractivity contribution is 6.73. The monoisotopic (exact) mass is 246 g/mol. The smallest absolute Gasteiger partial charge is 0.193 e. The van der Waals surface area contributed by atoms with Crippen LogP contribution >= 0.6 is 0 Å². The van der Waals surface area contributed by atoms with Gasteiger partial charge < -0.3 is 9.16 Å². The summed E-state index contributed by atoms with van der Waals surface area (Å²) in [6.07, 6.45) is 0.669. The molecule has 1 saturated heterocycles. The number of hydrogen-bond donors (Lipinski definition) is 0. The van der Waals surface area contributed by atoms with Crippen LogP contribution in [0.4, 0.5) is 4.39 Å². The number of rotatable bonds is 5. The van der Waals surface area contributed by atoms with Gasteiger partial charge in [-0.25, -0.2) is 4.39 Å². The summed E-state index contributed by atoms with van der Waals surface area (Å²) in [5, 5.41) is 0. The van der Waals surface area contributed by atoms with Crippen molar-refractivity contribution in [2.45, 2.75) is 58.4 Å². The van der Waals surface area contributed by atoms with Gasteiger partial charge in [-0.3, -0.25) is 0 Å². The molecule has 1 fully saturated rings. The summed E-state index contributed by atoms with van der Waals surface area (Å²) in [6, 6.07) is 3.28. The lowest BCUT2D eigenvalue weighted by molar-refractivity contribution is 0.190. The maximum atomic E-state index is 13.2. The van der Waals surface area contributed by atoms with E-state index in [9.17, 15) is 4.39 Å². The molecule has 0 aromatic heterocycles. The molecule has 1 rings (SSSR count). The number of hydrogen-bond acceptors (Lipinski definition) is 2. The third-order valence-corrected chi connectivity index (χ3v) is 8.25. The number of allylic oxidation sites excluding steroid dienone is 1. The highest BCUT2D eigenvalue weighted by atomic mass is 28.4.